The van der Waals surface area contributed by atoms with E-state index in [1.165, 1.54) is 37.7 Å². The van der Waals surface area contributed by atoms with Crippen molar-refractivity contribution >= 4 is 0 Å². The Morgan fingerprint density at radius 2 is 1.90 bits per heavy atom. The molecule has 0 unspecified atom stereocenters. The van der Waals surface area contributed by atoms with Gasteiger partial charge in [0.05, 0.1) is 0 Å². The van der Waals surface area contributed by atoms with Gasteiger partial charge in [-0.25, -0.2) is 0 Å². The highest BCUT2D eigenvalue weighted by Crippen LogP contribution is 2.37. The standard InChI is InChI=1S/C18H31N3/c1-3-16-5-10-18(15-19,11-6-16)21(4-2)14-9-17-7-12-20-13-8-17/h7-8,12-13,16H,3-6,9-11,14-15,19H2,1-2H3. The highest BCUT2D eigenvalue weighted by molar-refractivity contribution is 5.10. The fourth-order valence-electron chi connectivity index (χ4n) is 3.82. The molecular weight excluding hydrogens is 258 g/mol. The van der Waals surface area contributed by atoms with Crippen molar-refractivity contribution in [1.29, 1.82) is 0 Å². The quantitative estimate of drug-likeness (QED) is 0.838. The lowest BCUT2D eigenvalue weighted by Gasteiger charge is -2.47. The molecule has 0 atom stereocenters. The second-order valence-corrected chi connectivity index (χ2v) is 6.47. The number of likely N-dealkylation sites (N-methyl/N-ethyl adjacent to an activating group) is 1. The van der Waals surface area contributed by atoms with Crippen LogP contribution in [-0.2, 0) is 6.42 Å². The fourth-order valence-corrected chi connectivity index (χ4v) is 3.82. The van der Waals surface area contributed by atoms with E-state index >= 15 is 0 Å². The fraction of sp³-hybridized carbons (Fsp3) is 0.722. The molecule has 0 aliphatic heterocycles. The first-order valence-corrected chi connectivity index (χ1v) is 8.58. The van der Waals surface area contributed by atoms with Crippen LogP contribution in [0.3, 0.4) is 0 Å². The molecule has 0 amide bonds. The van der Waals surface area contributed by atoms with Crippen LogP contribution in [0.15, 0.2) is 24.5 Å². The number of aromatic nitrogens is 1. The highest BCUT2D eigenvalue weighted by atomic mass is 15.2. The average molecular weight is 289 g/mol. The molecule has 2 rings (SSSR count). The molecule has 1 aromatic heterocycles. The predicted molar refractivity (Wildman–Crippen MR) is 89.2 cm³/mol. The van der Waals surface area contributed by atoms with Gasteiger partial charge in [-0.1, -0.05) is 20.3 Å². The third-order valence-electron chi connectivity index (χ3n) is 5.47. The van der Waals surface area contributed by atoms with Crippen molar-refractivity contribution in [2.24, 2.45) is 11.7 Å². The van der Waals surface area contributed by atoms with Gasteiger partial charge in [0.15, 0.2) is 0 Å². The van der Waals surface area contributed by atoms with Crippen molar-refractivity contribution < 1.29 is 0 Å². The van der Waals surface area contributed by atoms with Crippen molar-refractivity contribution in [2.75, 3.05) is 19.6 Å². The molecule has 3 heteroatoms. The Bertz CT molecular complexity index is 396. The zero-order valence-electron chi connectivity index (χ0n) is 13.7. The average Bonchev–Trinajstić information content (AvgIpc) is 2.56. The minimum atomic E-state index is 0.244. The van der Waals surface area contributed by atoms with Crippen LogP contribution in [0.5, 0.6) is 0 Å². The van der Waals surface area contributed by atoms with Crippen molar-refractivity contribution in [1.82, 2.24) is 9.88 Å². The number of nitrogens with two attached hydrogens (primary N) is 1. The van der Waals surface area contributed by atoms with Crippen LogP contribution in [0.1, 0.15) is 51.5 Å². The Hall–Kier alpha value is -0.930. The Kier molecular flexibility index (Phi) is 6.19. The van der Waals surface area contributed by atoms with Crippen LogP contribution in [0.25, 0.3) is 0 Å². The van der Waals surface area contributed by atoms with E-state index in [0.717, 1.165) is 32.0 Å². The van der Waals surface area contributed by atoms with Gasteiger partial charge in [-0.05, 0) is 62.3 Å². The highest BCUT2D eigenvalue weighted by Gasteiger charge is 2.37. The van der Waals surface area contributed by atoms with Gasteiger partial charge in [-0.15, -0.1) is 0 Å². The van der Waals surface area contributed by atoms with E-state index in [0.29, 0.717) is 0 Å². The zero-order chi connectivity index (χ0) is 15.1. The summed E-state index contributed by atoms with van der Waals surface area (Å²) in [5.74, 6) is 0.920. The van der Waals surface area contributed by atoms with E-state index in [9.17, 15) is 0 Å². The van der Waals surface area contributed by atoms with E-state index < -0.39 is 0 Å². The summed E-state index contributed by atoms with van der Waals surface area (Å²) in [7, 11) is 0. The van der Waals surface area contributed by atoms with Gasteiger partial charge < -0.3 is 5.73 Å². The van der Waals surface area contributed by atoms with Gasteiger partial charge in [0.25, 0.3) is 0 Å². The molecule has 1 aromatic rings. The number of hydrogen-bond donors (Lipinski definition) is 1. The summed E-state index contributed by atoms with van der Waals surface area (Å²) in [6.45, 7) is 7.60. The Morgan fingerprint density at radius 3 is 2.43 bits per heavy atom. The van der Waals surface area contributed by atoms with E-state index in [-0.39, 0.29) is 5.54 Å². The Balaban J connectivity index is 1.97. The smallest absolute Gasteiger partial charge is 0.0331 e. The minimum absolute atomic E-state index is 0.244. The molecule has 1 aliphatic carbocycles. The summed E-state index contributed by atoms with van der Waals surface area (Å²) in [5, 5.41) is 0. The molecule has 0 bridgehead atoms. The van der Waals surface area contributed by atoms with Crippen molar-refractivity contribution in [3.8, 4) is 0 Å². The van der Waals surface area contributed by atoms with Crippen molar-refractivity contribution in [2.45, 2.75) is 57.9 Å². The van der Waals surface area contributed by atoms with Gasteiger partial charge in [0, 0.05) is 31.0 Å². The molecular formula is C18H31N3. The van der Waals surface area contributed by atoms with Gasteiger partial charge >= 0.3 is 0 Å². The molecule has 1 heterocycles. The molecule has 2 N–H and O–H groups in total. The third-order valence-corrected chi connectivity index (χ3v) is 5.47. The summed E-state index contributed by atoms with van der Waals surface area (Å²) in [6, 6.07) is 4.24. The molecule has 118 valence electrons. The normalized spacial score (nSPS) is 26.2. The lowest BCUT2D eigenvalue weighted by molar-refractivity contribution is 0.0467. The van der Waals surface area contributed by atoms with Crippen LogP contribution in [-0.4, -0.2) is 35.1 Å². The zero-order valence-corrected chi connectivity index (χ0v) is 13.7. The molecule has 21 heavy (non-hydrogen) atoms. The molecule has 0 aromatic carbocycles. The van der Waals surface area contributed by atoms with Gasteiger partial charge in [0.1, 0.15) is 0 Å². The van der Waals surface area contributed by atoms with Gasteiger partial charge in [-0.3, -0.25) is 9.88 Å². The predicted octanol–water partition coefficient (Wildman–Crippen LogP) is 3.24. The molecule has 1 fully saturated rings. The van der Waals surface area contributed by atoms with Crippen LogP contribution >= 0.6 is 0 Å². The SMILES string of the molecule is CCC1CCC(CN)(N(CC)CCc2ccncc2)CC1. The summed E-state index contributed by atoms with van der Waals surface area (Å²) < 4.78 is 0. The summed E-state index contributed by atoms with van der Waals surface area (Å²) >= 11 is 0. The number of nitrogens with zero attached hydrogens (tertiary/aromatic N) is 2. The topological polar surface area (TPSA) is 42.1 Å². The summed E-state index contributed by atoms with van der Waals surface area (Å²) in [5.41, 5.74) is 7.84. The van der Waals surface area contributed by atoms with Crippen LogP contribution in [0.2, 0.25) is 0 Å². The molecule has 0 saturated heterocycles. The Labute approximate surface area is 129 Å². The number of rotatable bonds is 7. The Morgan fingerprint density at radius 1 is 1.24 bits per heavy atom. The first-order valence-electron chi connectivity index (χ1n) is 8.58. The minimum Gasteiger partial charge on any atom is -0.329 e. The summed E-state index contributed by atoms with van der Waals surface area (Å²) in [4.78, 5) is 6.73. The van der Waals surface area contributed by atoms with E-state index in [1.54, 1.807) is 0 Å². The second-order valence-electron chi connectivity index (χ2n) is 6.47. The van der Waals surface area contributed by atoms with Crippen molar-refractivity contribution in [3.63, 3.8) is 0 Å². The van der Waals surface area contributed by atoms with Gasteiger partial charge in [-0.2, -0.15) is 0 Å². The van der Waals surface area contributed by atoms with Crippen molar-refractivity contribution in [3.05, 3.63) is 30.1 Å². The van der Waals surface area contributed by atoms with E-state index in [4.69, 9.17) is 5.73 Å². The summed E-state index contributed by atoms with van der Waals surface area (Å²) in [6.07, 6.45) is 11.4. The lowest BCUT2D eigenvalue weighted by atomic mass is 9.74. The van der Waals surface area contributed by atoms with Crippen LogP contribution in [0.4, 0.5) is 0 Å². The molecule has 0 spiro atoms. The molecule has 1 aliphatic rings. The maximum absolute atomic E-state index is 6.22. The van der Waals surface area contributed by atoms with Gasteiger partial charge in [0.2, 0.25) is 0 Å². The first kappa shape index (κ1) is 16.4. The van der Waals surface area contributed by atoms with Crippen LogP contribution < -0.4 is 5.73 Å². The molecule has 0 radical (unpaired) electrons. The van der Waals surface area contributed by atoms with E-state index in [1.807, 2.05) is 12.4 Å². The lowest BCUT2D eigenvalue weighted by Crippen LogP contribution is -2.56. The van der Waals surface area contributed by atoms with E-state index in [2.05, 4.69) is 35.9 Å². The maximum atomic E-state index is 6.22. The maximum Gasteiger partial charge on any atom is 0.0331 e. The molecule has 3 nitrogen and oxygen atoms in total. The number of hydrogen-bond acceptors (Lipinski definition) is 3. The third kappa shape index (κ3) is 4.04. The molecule has 1 saturated carbocycles. The largest absolute Gasteiger partial charge is 0.329 e. The second kappa shape index (κ2) is 7.90. The van der Waals surface area contributed by atoms with Crippen LogP contribution in [0, 0.1) is 5.92 Å². The number of pyridine rings is 1. The first-order chi connectivity index (χ1) is 10.2. The monoisotopic (exact) mass is 289 g/mol.